The van der Waals surface area contributed by atoms with E-state index in [9.17, 15) is 14.4 Å². The number of amides is 2. The Kier molecular flexibility index (Phi) is 5.68. The fourth-order valence-corrected chi connectivity index (χ4v) is 2.41. The molecule has 0 unspecified atom stereocenters. The van der Waals surface area contributed by atoms with Gasteiger partial charge in [-0.2, -0.15) is 0 Å². The summed E-state index contributed by atoms with van der Waals surface area (Å²) in [6, 6.07) is 11.6. The minimum atomic E-state index is -0.927. The summed E-state index contributed by atoms with van der Waals surface area (Å²) in [7, 11) is 0. The molecular weight excluding hydrogens is 336 g/mol. The number of hydrogen-bond donors (Lipinski definition) is 2. The monoisotopic (exact) mass is 356 g/mol. The van der Waals surface area contributed by atoms with Crippen LogP contribution in [-0.2, 0) is 20.7 Å². The highest BCUT2D eigenvalue weighted by atomic mass is 16.5. The molecule has 0 spiro atoms. The van der Waals surface area contributed by atoms with Crippen LogP contribution in [0.15, 0.2) is 53.1 Å². The summed E-state index contributed by atoms with van der Waals surface area (Å²) in [6.07, 6.45) is 3.53. The van der Waals surface area contributed by atoms with E-state index in [1.165, 1.54) is 12.3 Å². The first-order chi connectivity index (χ1) is 12.6. The molecule has 1 fully saturated rings. The van der Waals surface area contributed by atoms with E-state index in [2.05, 4.69) is 10.6 Å². The summed E-state index contributed by atoms with van der Waals surface area (Å²) in [5.41, 5.74) is 0.858. The van der Waals surface area contributed by atoms with Gasteiger partial charge in [-0.3, -0.25) is 9.59 Å². The highest BCUT2D eigenvalue weighted by Gasteiger charge is 2.27. The Morgan fingerprint density at radius 3 is 2.54 bits per heavy atom. The molecule has 0 bridgehead atoms. The molecule has 7 heteroatoms. The van der Waals surface area contributed by atoms with Gasteiger partial charge < -0.3 is 19.8 Å². The molecule has 1 aliphatic carbocycles. The summed E-state index contributed by atoms with van der Waals surface area (Å²) in [5.74, 6) is -1.42. The lowest BCUT2D eigenvalue weighted by molar-refractivity contribution is -0.150. The molecule has 1 aromatic carbocycles. The first-order valence-corrected chi connectivity index (χ1v) is 8.46. The zero-order chi connectivity index (χ0) is 18.4. The predicted molar refractivity (Wildman–Crippen MR) is 92.2 cm³/mol. The van der Waals surface area contributed by atoms with Gasteiger partial charge in [-0.1, -0.05) is 30.3 Å². The lowest BCUT2D eigenvalue weighted by atomic mass is 10.1. The largest absolute Gasteiger partial charge is 0.459 e. The van der Waals surface area contributed by atoms with Gasteiger partial charge in [-0.25, -0.2) is 4.79 Å². The normalized spacial score (nSPS) is 14.3. The number of ether oxygens (including phenoxy) is 1. The maximum atomic E-state index is 12.4. The first-order valence-electron chi connectivity index (χ1n) is 8.46. The Labute approximate surface area is 150 Å². The van der Waals surface area contributed by atoms with Gasteiger partial charge in [-0.05, 0) is 30.5 Å². The van der Waals surface area contributed by atoms with Crippen LogP contribution in [0.5, 0.6) is 0 Å². The molecule has 1 saturated carbocycles. The molecule has 7 nitrogen and oxygen atoms in total. The van der Waals surface area contributed by atoms with Crippen molar-refractivity contribution in [2.45, 2.75) is 31.3 Å². The van der Waals surface area contributed by atoms with E-state index >= 15 is 0 Å². The number of carbonyl (C=O) groups is 3. The number of furan rings is 1. The molecule has 1 heterocycles. The molecule has 1 aromatic heterocycles. The van der Waals surface area contributed by atoms with Crippen LogP contribution in [0.4, 0.5) is 0 Å². The van der Waals surface area contributed by atoms with Crippen LogP contribution in [0.1, 0.15) is 29.0 Å². The summed E-state index contributed by atoms with van der Waals surface area (Å²) in [5, 5.41) is 5.35. The highest BCUT2D eigenvalue weighted by Crippen LogP contribution is 2.18. The van der Waals surface area contributed by atoms with E-state index < -0.39 is 17.9 Å². The van der Waals surface area contributed by atoms with E-state index in [1.807, 2.05) is 30.3 Å². The van der Waals surface area contributed by atoms with E-state index in [1.54, 1.807) is 6.07 Å². The molecular formula is C19H20N2O5. The SMILES string of the molecule is O=C(COC(=O)[C@H](Cc1ccccc1)NC(=O)c1ccco1)NC1CC1. The molecule has 1 atom stereocenters. The lowest BCUT2D eigenvalue weighted by Gasteiger charge is -2.17. The quantitative estimate of drug-likeness (QED) is 0.698. The van der Waals surface area contributed by atoms with Crippen LogP contribution >= 0.6 is 0 Å². The number of nitrogens with one attached hydrogen (secondary N) is 2. The minimum absolute atomic E-state index is 0.0994. The average Bonchev–Trinajstić information content (AvgIpc) is 3.28. The van der Waals surface area contributed by atoms with Gasteiger partial charge in [0.25, 0.3) is 11.8 Å². The van der Waals surface area contributed by atoms with Crippen molar-refractivity contribution in [1.82, 2.24) is 10.6 Å². The third-order valence-electron chi connectivity index (χ3n) is 3.91. The van der Waals surface area contributed by atoms with Crippen molar-refractivity contribution < 1.29 is 23.5 Å². The van der Waals surface area contributed by atoms with E-state index in [0.717, 1.165) is 18.4 Å². The maximum absolute atomic E-state index is 12.4. The second kappa shape index (κ2) is 8.33. The summed E-state index contributed by atoms with van der Waals surface area (Å²) in [6.45, 7) is -0.364. The summed E-state index contributed by atoms with van der Waals surface area (Å²) in [4.78, 5) is 36.3. The van der Waals surface area contributed by atoms with E-state index in [4.69, 9.17) is 9.15 Å². The molecule has 0 radical (unpaired) electrons. The van der Waals surface area contributed by atoms with Crippen LogP contribution in [0.3, 0.4) is 0 Å². The third kappa shape index (κ3) is 5.20. The number of carbonyl (C=O) groups excluding carboxylic acids is 3. The number of esters is 1. The third-order valence-corrected chi connectivity index (χ3v) is 3.91. The Morgan fingerprint density at radius 2 is 1.88 bits per heavy atom. The number of hydrogen-bond acceptors (Lipinski definition) is 5. The predicted octanol–water partition coefficient (Wildman–Crippen LogP) is 1.44. The zero-order valence-electron chi connectivity index (χ0n) is 14.1. The van der Waals surface area contributed by atoms with Gasteiger partial charge in [0.2, 0.25) is 0 Å². The van der Waals surface area contributed by atoms with Gasteiger partial charge in [0, 0.05) is 12.5 Å². The topological polar surface area (TPSA) is 97.6 Å². The molecule has 2 aromatic rings. The fourth-order valence-electron chi connectivity index (χ4n) is 2.41. The van der Waals surface area contributed by atoms with Gasteiger partial charge in [-0.15, -0.1) is 0 Å². The fraction of sp³-hybridized carbons (Fsp3) is 0.316. The smallest absolute Gasteiger partial charge is 0.329 e. The van der Waals surface area contributed by atoms with Gasteiger partial charge >= 0.3 is 5.97 Å². The van der Waals surface area contributed by atoms with Gasteiger partial charge in [0.1, 0.15) is 6.04 Å². The number of rotatable bonds is 8. The van der Waals surface area contributed by atoms with E-state index in [0.29, 0.717) is 0 Å². The minimum Gasteiger partial charge on any atom is -0.459 e. The second-order valence-corrected chi connectivity index (χ2v) is 6.14. The molecule has 1 aliphatic rings. The lowest BCUT2D eigenvalue weighted by Crippen LogP contribution is -2.44. The average molecular weight is 356 g/mol. The van der Waals surface area contributed by atoms with Crippen molar-refractivity contribution in [2.75, 3.05) is 6.61 Å². The standard InChI is InChI=1S/C19H20N2O5/c22-17(20-14-8-9-14)12-26-19(24)15(11-13-5-2-1-3-6-13)21-18(23)16-7-4-10-25-16/h1-7,10,14-15H,8-9,11-12H2,(H,20,22)(H,21,23)/t15-/m0/s1. The Hall–Kier alpha value is -3.09. The van der Waals surface area contributed by atoms with Gasteiger partial charge in [0.15, 0.2) is 12.4 Å². The van der Waals surface area contributed by atoms with Crippen LogP contribution < -0.4 is 10.6 Å². The van der Waals surface area contributed by atoms with Crippen molar-refractivity contribution in [2.24, 2.45) is 0 Å². The Morgan fingerprint density at radius 1 is 1.12 bits per heavy atom. The Bertz CT molecular complexity index is 754. The van der Waals surface area contributed by atoms with Crippen LogP contribution in [-0.4, -0.2) is 36.5 Å². The summed E-state index contributed by atoms with van der Waals surface area (Å²) >= 11 is 0. The van der Waals surface area contributed by atoms with Crippen molar-refractivity contribution in [3.05, 3.63) is 60.1 Å². The second-order valence-electron chi connectivity index (χ2n) is 6.14. The zero-order valence-corrected chi connectivity index (χ0v) is 14.1. The molecule has 3 rings (SSSR count). The van der Waals surface area contributed by atoms with Crippen LogP contribution in [0, 0.1) is 0 Å². The van der Waals surface area contributed by atoms with Gasteiger partial charge in [0.05, 0.1) is 6.26 Å². The molecule has 0 aliphatic heterocycles. The van der Waals surface area contributed by atoms with E-state index in [-0.39, 0.29) is 30.7 Å². The number of benzene rings is 1. The molecule has 2 N–H and O–H groups in total. The molecule has 26 heavy (non-hydrogen) atoms. The molecule has 0 saturated heterocycles. The molecule has 2 amide bonds. The summed E-state index contributed by atoms with van der Waals surface area (Å²) < 4.78 is 10.1. The van der Waals surface area contributed by atoms with Crippen LogP contribution in [0.25, 0.3) is 0 Å². The first kappa shape index (κ1) is 17.7. The highest BCUT2D eigenvalue weighted by molar-refractivity contribution is 5.94. The Balaban J connectivity index is 1.61. The maximum Gasteiger partial charge on any atom is 0.329 e. The van der Waals surface area contributed by atoms with Crippen molar-refractivity contribution in [3.63, 3.8) is 0 Å². The van der Waals surface area contributed by atoms with Crippen molar-refractivity contribution in [3.8, 4) is 0 Å². The molecule has 136 valence electrons. The van der Waals surface area contributed by atoms with Crippen LogP contribution in [0.2, 0.25) is 0 Å². The van der Waals surface area contributed by atoms with Crippen molar-refractivity contribution >= 4 is 17.8 Å². The van der Waals surface area contributed by atoms with Crippen molar-refractivity contribution in [1.29, 1.82) is 0 Å².